The number of piperidine rings is 1. The second-order valence-electron chi connectivity index (χ2n) is 4.76. The van der Waals surface area contributed by atoms with Crippen molar-refractivity contribution in [2.24, 2.45) is 0 Å². The lowest BCUT2D eigenvalue weighted by molar-refractivity contribution is 0.0482. The van der Waals surface area contributed by atoms with Gasteiger partial charge < -0.3 is 19.7 Å². The summed E-state index contributed by atoms with van der Waals surface area (Å²) in [6.45, 7) is 7.91. The van der Waals surface area contributed by atoms with E-state index in [1.165, 1.54) is 25.9 Å². The molecule has 0 bridgehead atoms. The summed E-state index contributed by atoms with van der Waals surface area (Å²) >= 11 is 0. The fraction of sp³-hybridized carbons (Fsp3) is 1.00. The van der Waals surface area contributed by atoms with Crippen molar-refractivity contribution < 1.29 is 9.47 Å². The third-order valence-electron chi connectivity index (χ3n) is 3.55. The van der Waals surface area contributed by atoms with Crippen LogP contribution in [0.3, 0.4) is 0 Å². The zero-order valence-electron chi connectivity index (χ0n) is 10.9. The van der Waals surface area contributed by atoms with Gasteiger partial charge in [0.1, 0.15) is 0 Å². The highest BCUT2D eigenvalue weighted by atomic mass is 16.5. The smallest absolute Gasteiger partial charge is 0.0700 e. The van der Waals surface area contributed by atoms with Gasteiger partial charge >= 0.3 is 0 Å². The van der Waals surface area contributed by atoms with Gasteiger partial charge in [0.15, 0.2) is 0 Å². The number of nitrogens with zero attached hydrogens (tertiary/aromatic N) is 1. The number of rotatable bonds is 7. The number of hydrogen-bond acceptors (Lipinski definition) is 4. The molecule has 4 nitrogen and oxygen atoms in total. The van der Waals surface area contributed by atoms with Crippen molar-refractivity contribution in [3.05, 3.63) is 0 Å². The van der Waals surface area contributed by atoms with E-state index in [2.05, 4.69) is 24.2 Å². The first kappa shape index (κ1) is 13.9. The maximum atomic E-state index is 5.47. The normalized spacial score (nSPS) is 21.2. The van der Waals surface area contributed by atoms with E-state index >= 15 is 0 Å². The van der Waals surface area contributed by atoms with Crippen LogP contribution in [0.2, 0.25) is 0 Å². The highest BCUT2D eigenvalue weighted by molar-refractivity contribution is 4.87. The van der Waals surface area contributed by atoms with E-state index in [4.69, 9.17) is 9.47 Å². The highest BCUT2D eigenvalue weighted by Crippen LogP contribution is 2.20. The van der Waals surface area contributed by atoms with Gasteiger partial charge in [-0.15, -0.1) is 0 Å². The molecule has 0 radical (unpaired) electrons. The predicted molar refractivity (Wildman–Crippen MR) is 65.8 cm³/mol. The first-order valence-corrected chi connectivity index (χ1v) is 6.18. The molecule has 0 aromatic rings. The van der Waals surface area contributed by atoms with E-state index in [-0.39, 0.29) is 0 Å². The predicted octanol–water partition coefficient (Wildman–Crippen LogP) is 0.723. The van der Waals surface area contributed by atoms with Gasteiger partial charge in [-0.05, 0) is 39.9 Å². The summed E-state index contributed by atoms with van der Waals surface area (Å²) in [7, 11) is 3.76. The first-order valence-electron chi connectivity index (χ1n) is 6.18. The molecule has 0 unspecified atom stereocenters. The molecular weight excluding hydrogens is 204 g/mol. The highest BCUT2D eigenvalue weighted by Gasteiger charge is 2.27. The lowest BCUT2D eigenvalue weighted by Gasteiger charge is -2.39. The molecule has 0 amide bonds. The molecule has 0 aromatic carbocycles. The third-order valence-corrected chi connectivity index (χ3v) is 3.55. The number of ether oxygens (including phenoxy) is 2. The first-order chi connectivity index (χ1) is 7.70. The Labute approximate surface area is 99.3 Å². The Morgan fingerprint density at radius 1 is 1.19 bits per heavy atom. The number of hydrogen-bond donors (Lipinski definition) is 1. The minimum Gasteiger partial charge on any atom is -0.382 e. The van der Waals surface area contributed by atoms with Gasteiger partial charge in [-0.3, -0.25) is 0 Å². The fourth-order valence-corrected chi connectivity index (χ4v) is 1.96. The number of methoxy groups -OCH3 is 1. The van der Waals surface area contributed by atoms with Crippen LogP contribution in [-0.4, -0.2) is 64.1 Å². The average Bonchev–Trinajstić information content (AvgIpc) is 2.31. The molecule has 1 saturated heterocycles. The van der Waals surface area contributed by atoms with Gasteiger partial charge in [0.25, 0.3) is 0 Å². The minimum absolute atomic E-state index is 0.341. The molecule has 0 atom stereocenters. The molecule has 0 spiro atoms. The van der Waals surface area contributed by atoms with Crippen LogP contribution in [0.15, 0.2) is 0 Å². The van der Waals surface area contributed by atoms with Crippen LogP contribution in [0.5, 0.6) is 0 Å². The van der Waals surface area contributed by atoms with Gasteiger partial charge in [-0.2, -0.15) is 0 Å². The molecule has 0 saturated carbocycles. The minimum atomic E-state index is 0.341. The largest absolute Gasteiger partial charge is 0.382 e. The van der Waals surface area contributed by atoms with Crippen molar-refractivity contribution in [1.82, 2.24) is 10.2 Å². The van der Waals surface area contributed by atoms with Crippen LogP contribution in [0.1, 0.15) is 19.8 Å². The molecule has 1 aliphatic rings. The van der Waals surface area contributed by atoms with Gasteiger partial charge in [-0.1, -0.05) is 0 Å². The fourth-order valence-electron chi connectivity index (χ4n) is 1.96. The maximum Gasteiger partial charge on any atom is 0.0700 e. The Morgan fingerprint density at radius 2 is 1.88 bits per heavy atom. The standard InChI is InChI=1S/C12H26N2O2/c1-12(13-2)4-6-14(7-5-12)8-9-16-11-10-15-3/h13H,4-11H2,1-3H3. The molecule has 0 aliphatic carbocycles. The van der Waals surface area contributed by atoms with Crippen LogP contribution in [0.25, 0.3) is 0 Å². The zero-order chi connectivity index (χ0) is 11.9. The van der Waals surface area contributed by atoms with Gasteiger partial charge in [0.2, 0.25) is 0 Å². The van der Waals surface area contributed by atoms with E-state index in [1.54, 1.807) is 7.11 Å². The zero-order valence-corrected chi connectivity index (χ0v) is 10.9. The summed E-state index contributed by atoms with van der Waals surface area (Å²) in [5.74, 6) is 0. The molecule has 16 heavy (non-hydrogen) atoms. The topological polar surface area (TPSA) is 33.7 Å². The molecule has 1 N–H and O–H groups in total. The Morgan fingerprint density at radius 3 is 2.44 bits per heavy atom. The van der Waals surface area contributed by atoms with Gasteiger partial charge in [-0.25, -0.2) is 0 Å². The van der Waals surface area contributed by atoms with Crippen LogP contribution in [0.4, 0.5) is 0 Å². The lowest BCUT2D eigenvalue weighted by atomic mass is 9.90. The number of nitrogens with one attached hydrogen (secondary N) is 1. The summed E-state index contributed by atoms with van der Waals surface area (Å²) in [5, 5.41) is 3.41. The second kappa shape index (κ2) is 7.22. The summed E-state index contributed by atoms with van der Waals surface area (Å²) < 4.78 is 10.4. The monoisotopic (exact) mass is 230 g/mol. The molecule has 1 rings (SSSR count). The Bertz CT molecular complexity index is 180. The van der Waals surface area contributed by atoms with Crippen molar-refractivity contribution in [1.29, 1.82) is 0 Å². The van der Waals surface area contributed by atoms with E-state index in [1.807, 2.05) is 0 Å². The lowest BCUT2D eigenvalue weighted by Crippen LogP contribution is -2.50. The second-order valence-corrected chi connectivity index (χ2v) is 4.76. The van der Waals surface area contributed by atoms with Crippen molar-refractivity contribution in [3.8, 4) is 0 Å². The quantitative estimate of drug-likeness (QED) is 0.654. The van der Waals surface area contributed by atoms with Crippen molar-refractivity contribution >= 4 is 0 Å². The average molecular weight is 230 g/mol. The van der Waals surface area contributed by atoms with E-state index in [9.17, 15) is 0 Å². The van der Waals surface area contributed by atoms with Gasteiger partial charge in [0.05, 0.1) is 19.8 Å². The van der Waals surface area contributed by atoms with E-state index in [0.29, 0.717) is 18.8 Å². The van der Waals surface area contributed by atoms with E-state index in [0.717, 1.165) is 13.2 Å². The van der Waals surface area contributed by atoms with Crippen LogP contribution in [-0.2, 0) is 9.47 Å². The Kier molecular flexibility index (Phi) is 6.28. The van der Waals surface area contributed by atoms with Crippen molar-refractivity contribution in [3.63, 3.8) is 0 Å². The molecule has 1 heterocycles. The molecule has 1 fully saturated rings. The van der Waals surface area contributed by atoms with Crippen LogP contribution in [0, 0.1) is 0 Å². The maximum absolute atomic E-state index is 5.47. The van der Waals surface area contributed by atoms with Crippen molar-refractivity contribution in [2.45, 2.75) is 25.3 Å². The third kappa shape index (κ3) is 4.78. The molecular formula is C12H26N2O2. The summed E-state index contributed by atoms with van der Waals surface area (Å²) in [6.07, 6.45) is 2.45. The summed E-state index contributed by atoms with van der Waals surface area (Å²) in [6, 6.07) is 0. The summed E-state index contributed by atoms with van der Waals surface area (Å²) in [5.41, 5.74) is 0.341. The van der Waals surface area contributed by atoms with Crippen LogP contribution < -0.4 is 5.32 Å². The molecule has 4 heteroatoms. The van der Waals surface area contributed by atoms with Crippen LogP contribution >= 0.6 is 0 Å². The number of likely N-dealkylation sites (tertiary alicyclic amines) is 1. The summed E-state index contributed by atoms with van der Waals surface area (Å²) in [4.78, 5) is 2.48. The Hall–Kier alpha value is -0.160. The van der Waals surface area contributed by atoms with Gasteiger partial charge in [0, 0.05) is 19.2 Å². The Balaban J connectivity index is 2.04. The SMILES string of the molecule is CNC1(C)CCN(CCOCCOC)CC1. The molecule has 0 aromatic heterocycles. The molecule has 96 valence electrons. The molecule has 1 aliphatic heterocycles. The van der Waals surface area contributed by atoms with Crippen molar-refractivity contribution in [2.75, 3.05) is 53.6 Å². The van der Waals surface area contributed by atoms with E-state index < -0.39 is 0 Å².